The van der Waals surface area contributed by atoms with Crippen molar-refractivity contribution < 1.29 is 13.3 Å². The first-order valence-corrected chi connectivity index (χ1v) is 40.6. The van der Waals surface area contributed by atoms with Crippen LogP contribution in [0.5, 0.6) is 0 Å². The Balaban J connectivity index is 0.0000000954. The van der Waals surface area contributed by atoms with Crippen molar-refractivity contribution >= 4 is 239 Å². The molecular weight excluding hydrogens is 1440 g/mol. The first kappa shape index (κ1) is 63.7. The number of furan rings is 3. The van der Waals surface area contributed by atoms with Crippen molar-refractivity contribution in [2.45, 2.75) is 0 Å². The van der Waals surface area contributed by atoms with Crippen LogP contribution in [0, 0.1) is 0 Å². The average molecular weight is 1500 g/mol. The SMILES string of the molecule is c1ccc(-n2c3cccc4c5ccccc5c5cccc6oc7ccc2c(c7c65)c43)cc1.c1ccc2c(c1)c1ccccc1c1cc(-n3c4cccc5c6ccccc6c6cccc7oc8ccc3c(c8c76)c54)ccc21.c1ccc2cc(-c3ccc(-n4c5cccc6c7ccccc7c7cccc8oc9ccc4c(c9c87)c65)cc3)ccc2c1. The second-order valence-electron chi connectivity index (χ2n) is 31.8. The van der Waals surface area contributed by atoms with Crippen LogP contribution in [0.3, 0.4) is 0 Å². The Labute approximate surface area is 671 Å². The van der Waals surface area contributed by atoms with Gasteiger partial charge in [-0.1, -0.05) is 267 Å². The van der Waals surface area contributed by atoms with Crippen LogP contribution in [0.1, 0.15) is 0 Å². The third-order valence-corrected chi connectivity index (χ3v) is 26.0. The van der Waals surface area contributed by atoms with Gasteiger partial charge in [-0.2, -0.15) is 0 Å². The molecule has 0 radical (unpaired) electrons. The zero-order valence-electron chi connectivity index (χ0n) is 63.4. The number of aromatic nitrogens is 3. The summed E-state index contributed by atoms with van der Waals surface area (Å²) in [4.78, 5) is 0. The molecule has 6 heterocycles. The monoisotopic (exact) mass is 1500 g/mol. The minimum absolute atomic E-state index is 0.934. The molecule has 0 spiro atoms. The fraction of sp³-hybridized carbons (Fsp3) is 0. The molecule has 29 rings (SSSR count). The van der Waals surface area contributed by atoms with Crippen LogP contribution in [0.4, 0.5) is 0 Å². The van der Waals surface area contributed by atoms with E-state index in [1.54, 1.807) is 0 Å². The molecule has 6 nitrogen and oxygen atoms in total. The number of hydrogen-bond acceptors (Lipinski definition) is 3. The molecule has 0 unspecified atom stereocenters. The number of hydrogen-bond donors (Lipinski definition) is 0. The van der Waals surface area contributed by atoms with E-state index in [1.807, 2.05) is 0 Å². The molecular formula is C112H63N3O3. The summed E-state index contributed by atoms with van der Waals surface area (Å²) in [5.74, 6) is 0. The molecule has 0 aliphatic heterocycles. The molecule has 29 aromatic rings. The Morgan fingerprint density at radius 2 is 0.415 bits per heavy atom. The lowest BCUT2D eigenvalue weighted by atomic mass is 9.94. The summed E-state index contributed by atoms with van der Waals surface area (Å²) in [6.07, 6.45) is 0. The van der Waals surface area contributed by atoms with E-state index in [0.717, 1.165) is 44.9 Å². The summed E-state index contributed by atoms with van der Waals surface area (Å²) in [6, 6.07) is 139. The molecule has 0 aliphatic carbocycles. The second-order valence-corrected chi connectivity index (χ2v) is 31.8. The fourth-order valence-electron chi connectivity index (χ4n) is 21.2. The third-order valence-electron chi connectivity index (χ3n) is 26.0. The number of fused-ring (bicyclic) bond motifs is 16. The highest BCUT2D eigenvalue weighted by molar-refractivity contribution is 6.42. The maximum absolute atomic E-state index is 6.54. The largest absolute Gasteiger partial charge is 0.456 e. The predicted molar refractivity (Wildman–Crippen MR) is 498 cm³/mol. The van der Waals surface area contributed by atoms with Crippen molar-refractivity contribution in [2.75, 3.05) is 0 Å². The van der Waals surface area contributed by atoms with Gasteiger partial charge in [0.1, 0.15) is 33.5 Å². The summed E-state index contributed by atoms with van der Waals surface area (Å²) in [5, 5.41) is 40.1. The first-order chi connectivity index (χ1) is 58.6. The van der Waals surface area contributed by atoms with Gasteiger partial charge in [-0.15, -0.1) is 0 Å². The summed E-state index contributed by atoms with van der Waals surface area (Å²) in [5.41, 5.74) is 18.8. The topological polar surface area (TPSA) is 54.2 Å². The lowest BCUT2D eigenvalue weighted by Crippen LogP contribution is -1.94. The van der Waals surface area contributed by atoms with Crippen LogP contribution in [-0.4, -0.2) is 13.7 Å². The van der Waals surface area contributed by atoms with Crippen LogP contribution in [0.2, 0.25) is 0 Å². The van der Waals surface area contributed by atoms with E-state index in [0.29, 0.717) is 0 Å². The first-order valence-electron chi connectivity index (χ1n) is 40.6. The molecule has 0 aliphatic rings. The maximum Gasteiger partial charge on any atom is 0.136 e. The van der Waals surface area contributed by atoms with Crippen molar-refractivity contribution in [3.8, 4) is 28.2 Å². The van der Waals surface area contributed by atoms with Crippen molar-refractivity contribution in [2.24, 2.45) is 0 Å². The zero-order chi connectivity index (χ0) is 76.7. The lowest BCUT2D eigenvalue weighted by molar-refractivity contribution is 0.669. The van der Waals surface area contributed by atoms with E-state index in [2.05, 4.69) is 396 Å². The lowest BCUT2D eigenvalue weighted by Gasteiger charge is -2.13. The molecule has 0 saturated heterocycles. The van der Waals surface area contributed by atoms with Gasteiger partial charge in [0.05, 0.1) is 33.1 Å². The van der Waals surface area contributed by atoms with E-state index < -0.39 is 0 Å². The normalized spacial score (nSPS) is 12.4. The number of rotatable bonds is 4. The highest BCUT2D eigenvalue weighted by Crippen LogP contribution is 2.52. The van der Waals surface area contributed by atoms with Gasteiger partial charge in [-0.3, -0.25) is 0 Å². The molecule has 0 bridgehead atoms. The van der Waals surface area contributed by atoms with Crippen molar-refractivity contribution in [3.05, 3.63) is 382 Å². The molecule has 544 valence electrons. The summed E-state index contributed by atoms with van der Waals surface area (Å²) < 4.78 is 26.7. The summed E-state index contributed by atoms with van der Waals surface area (Å²) in [7, 11) is 0. The molecule has 6 heteroatoms. The maximum atomic E-state index is 6.54. The van der Waals surface area contributed by atoms with Crippen molar-refractivity contribution in [1.82, 2.24) is 13.7 Å². The Hall–Kier alpha value is -15.8. The van der Waals surface area contributed by atoms with E-state index in [9.17, 15) is 0 Å². The molecule has 0 saturated carbocycles. The van der Waals surface area contributed by atoms with Crippen LogP contribution in [0.15, 0.2) is 395 Å². The van der Waals surface area contributed by atoms with E-state index >= 15 is 0 Å². The van der Waals surface area contributed by atoms with Gasteiger partial charge in [-0.05, 0) is 234 Å². The van der Waals surface area contributed by atoms with Crippen LogP contribution < -0.4 is 0 Å². The molecule has 6 aromatic heterocycles. The Kier molecular flexibility index (Phi) is 12.9. The molecule has 23 aromatic carbocycles. The minimum Gasteiger partial charge on any atom is -0.456 e. The third kappa shape index (κ3) is 8.68. The average Bonchev–Trinajstić information content (AvgIpc) is 1.55. The van der Waals surface area contributed by atoms with Gasteiger partial charge in [0.15, 0.2) is 0 Å². The molecule has 118 heavy (non-hydrogen) atoms. The van der Waals surface area contributed by atoms with Gasteiger partial charge >= 0.3 is 0 Å². The van der Waals surface area contributed by atoms with Gasteiger partial charge in [0, 0.05) is 81.7 Å². The van der Waals surface area contributed by atoms with Crippen molar-refractivity contribution in [3.63, 3.8) is 0 Å². The van der Waals surface area contributed by atoms with E-state index in [1.165, 1.54) is 222 Å². The Bertz CT molecular complexity index is 9290. The summed E-state index contributed by atoms with van der Waals surface area (Å²) in [6.45, 7) is 0. The fourth-order valence-corrected chi connectivity index (χ4v) is 21.2. The van der Waals surface area contributed by atoms with Gasteiger partial charge in [0.2, 0.25) is 0 Å². The molecule has 0 amide bonds. The Morgan fingerprint density at radius 1 is 0.136 bits per heavy atom. The standard InChI is InChI=1S/C42H23NO.C40H23NO.C30H17NO/c1-2-11-27-25(9-1)26-10-3-6-14-30(26)34-23-24(19-20-31(27)34)43-35-17-7-15-32-28-12-4-5-13-29(28)33-16-8-18-37-40(33)42-38(44-37)22-21-36(43)41(42)39(32)35;1-2-8-26-23-27(16-15-24(26)7-1)25-17-19-28(20-18-25)41-33-13-5-11-31-29-9-3-4-10-30(29)32-12-6-14-35-38(32)40-36(42-35)22-21-34(41)39(40)37(31)33;1-2-8-18(9-3-1)31-23-14-6-12-21-19-10-4-5-11-20(19)22-13-7-15-25-28(22)30-26(32-25)17-16-24(31)29(30)27(21)23/h1-23H;1-23H;1-17H. The number of benzene rings is 20. The van der Waals surface area contributed by atoms with Crippen LogP contribution in [0.25, 0.3) is 267 Å². The van der Waals surface area contributed by atoms with Gasteiger partial charge in [0.25, 0.3) is 0 Å². The predicted octanol–water partition coefficient (Wildman–Crippen LogP) is 31.6. The van der Waals surface area contributed by atoms with Crippen LogP contribution >= 0.6 is 0 Å². The number of para-hydroxylation sites is 1. The van der Waals surface area contributed by atoms with Gasteiger partial charge in [-0.25, -0.2) is 0 Å². The Morgan fingerprint density at radius 3 is 0.822 bits per heavy atom. The second kappa shape index (κ2) is 23.9. The van der Waals surface area contributed by atoms with Crippen LogP contribution in [-0.2, 0) is 0 Å². The minimum atomic E-state index is 0.934. The number of nitrogens with zero attached hydrogens (tertiary/aromatic N) is 3. The quantitative estimate of drug-likeness (QED) is 0.165. The summed E-state index contributed by atoms with van der Waals surface area (Å²) >= 11 is 0. The smallest absolute Gasteiger partial charge is 0.136 e. The van der Waals surface area contributed by atoms with Gasteiger partial charge < -0.3 is 27.0 Å². The zero-order valence-corrected chi connectivity index (χ0v) is 63.4. The molecule has 0 fully saturated rings. The molecule has 0 atom stereocenters. The molecule has 0 N–H and O–H groups in total. The highest BCUT2D eigenvalue weighted by atomic mass is 16.3. The van der Waals surface area contributed by atoms with Crippen molar-refractivity contribution in [1.29, 1.82) is 0 Å². The highest BCUT2D eigenvalue weighted by Gasteiger charge is 2.28. The van der Waals surface area contributed by atoms with E-state index in [-0.39, 0.29) is 0 Å². The van der Waals surface area contributed by atoms with E-state index in [4.69, 9.17) is 13.3 Å².